The smallest absolute Gasteiger partial charge is 0.325 e. The zero-order valence-corrected chi connectivity index (χ0v) is 15.4. The predicted octanol–water partition coefficient (Wildman–Crippen LogP) is 2.85. The molecule has 1 aromatic carbocycles. The van der Waals surface area contributed by atoms with Crippen LogP contribution < -0.4 is 10.6 Å². The molecule has 0 aromatic heterocycles. The van der Waals surface area contributed by atoms with Gasteiger partial charge < -0.3 is 10.6 Å². The van der Waals surface area contributed by atoms with Crippen molar-refractivity contribution in [2.45, 2.75) is 51.6 Å². The molecule has 1 aliphatic rings. The summed E-state index contributed by atoms with van der Waals surface area (Å²) in [7, 11) is 0. The fraction of sp³-hybridized carbons (Fsp3) is 0.500. The summed E-state index contributed by atoms with van der Waals surface area (Å²) in [5.74, 6) is -0.689. The summed E-state index contributed by atoms with van der Waals surface area (Å²) < 4.78 is 0. The van der Waals surface area contributed by atoms with Crippen LogP contribution in [-0.2, 0) is 16.1 Å². The highest BCUT2D eigenvalue weighted by Crippen LogP contribution is 2.27. The molecule has 1 aromatic rings. The Bertz CT molecular complexity index is 657. The Balaban J connectivity index is 1.98. The van der Waals surface area contributed by atoms with Crippen molar-refractivity contribution in [3.8, 4) is 0 Å². The number of halogens is 1. The molecule has 0 saturated carbocycles. The van der Waals surface area contributed by atoms with Crippen molar-refractivity contribution in [3.05, 3.63) is 34.9 Å². The summed E-state index contributed by atoms with van der Waals surface area (Å²) in [4.78, 5) is 38.1. The van der Waals surface area contributed by atoms with Gasteiger partial charge in [0.1, 0.15) is 12.1 Å². The minimum atomic E-state index is -0.867. The lowest BCUT2D eigenvalue weighted by Crippen LogP contribution is -2.47. The lowest BCUT2D eigenvalue weighted by atomic mass is 9.88. The van der Waals surface area contributed by atoms with Crippen LogP contribution in [0.1, 0.15) is 45.1 Å². The first kappa shape index (κ1) is 19.2. The van der Waals surface area contributed by atoms with Crippen molar-refractivity contribution in [2.24, 2.45) is 0 Å². The second kappa shape index (κ2) is 8.34. The molecule has 0 spiro atoms. The van der Waals surface area contributed by atoms with Crippen LogP contribution >= 0.6 is 11.6 Å². The number of urea groups is 1. The Hall–Kier alpha value is -2.08. The highest BCUT2D eigenvalue weighted by atomic mass is 35.5. The minimum Gasteiger partial charge on any atom is -0.350 e. The van der Waals surface area contributed by atoms with Gasteiger partial charge in [-0.1, -0.05) is 50.4 Å². The second-order valence-electron chi connectivity index (χ2n) is 6.31. The van der Waals surface area contributed by atoms with E-state index in [1.165, 1.54) is 0 Å². The van der Waals surface area contributed by atoms with E-state index in [0.717, 1.165) is 23.3 Å². The number of imide groups is 1. The average molecular weight is 366 g/mol. The summed E-state index contributed by atoms with van der Waals surface area (Å²) in [5.41, 5.74) is -0.0160. The van der Waals surface area contributed by atoms with E-state index < -0.39 is 11.6 Å². The Morgan fingerprint density at radius 3 is 2.52 bits per heavy atom. The molecular weight excluding hydrogens is 342 g/mol. The zero-order chi connectivity index (χ0) is 18.4. The SMILES string of the molecule is CCCC1(CCC)NC(=O)N(CC(=O)NCc2cccc(Cl)c2)C1=O. The van der Waals surface area contributed by atoms with Crippen LogP contribution in [0.4, 0.5) is 4.79 Å². The van der Waals surface area contributed by atoms with Gasteiger partial charge in [0, 0.05) is 11.6 Å². The van der Waals surface area contributed by atoms with Gasteiger partial charge in [-0.05, 0) is 30.5 Å². The summed E-state index contributed by atoms with van der Waals surface area (Å²) in [6.45, 7) is 3.95. The molecule has 0 atom stereocenters. The molecule has 2 rings (SSSR count). The molecule has 25 heavy (non-hydrogen) atoms. The largest absolute Gasteiger partial charge is 0.350 e. The Labute approximate surface area is 152 Å². The lowest BCUT2D eigenvalue weighted by Gasteiger charge is -2.25. The summed E-state index contributed by atoms with van der Waals surface area (Å²) in [6.07, 6.45) is 2.71. The van der Waals surface area contributed by atoms with Crippen molar-refractivity contribution in [1.82, 2.24) is 15.5 Å². The van der Waals surface area contributed by atoms with Gasteiger partial charge in [0.25, 0.3) is 5.91 Å². The first-order valence-corrected chi connectivity index (χ1v) is 8.95. The molecule has 1 heterocycles. The van der Waals surface area contributed by atoms with E-state index in [0.29, 0.717) is 17.9 Å². The molecule has 136 valence electrons. The molecule has 1 fully saturated rings. The zero-order valence-electron chi connectivity index (χ0n) is 14.6. The van der Waals surface area contributed by atoms with E-state index in [-0.39, 0.29) is 24.9 Å². The molecule has 0 radical (unpaired) electrons. The van der Waals surface area contributed by atoms with E-state index in [2.05, 4.69) is 10.6 Å². The fourth-order valence-electron chi connectivity index (χ4n) is 3.18. The number of rotatable bonds is 8. The Kier molecular flexibility index (Phi) is 6.42. The third kappa shape index (κ3) is 4.51. The van der Waals surface area contributed by atoms with Crippen molar-refractivity contribution in [3.63, 3.8) is 0 Å². The van der Waals surface area contributed by atoms with Gasteiger partial charge in [-0.15, -0.1) is 0 Å². The van der Waals surface area contributed by atoms with Gasteiger partial charge in [0.05, 0.1) is 0 Å². The predicted molar refractivity (Wildman–Crippen MR) is 96.1 cm³/mol. The van der Waals surface area contributed by atoms with Gasteiger partial charge in [-0.25, -0.2) is 4.79 Å². The Morgan fingerprint density at radius 2 is 1.92 bits per heavy atom. The molecule has 1 saturated heterocycles. The van der Waals surface area contributed by atoms with Crippen LogP contribution in [0.15, 0.2) is 24.3 Å². The van der Waals surface area contributed by atoms with Crippen LogP contribution in [-0.4, -0.2) is 34.8 Å². The van der Waals surface area contributed by atoms with Gasteiger partial charge in [-0.2, -0.15) is 0 Å². The molecule has 0 bridgehead atoms. The maximum absolute atomic E-state index is 12.7. The van der Waals surface area contributed by atoms with Gasteiger partial charge in [-0.3, -0.25) is 14.5 Å². The Morgan fingerprint density at radius 1 is 1.24 bits per heavy atom. The maximum atomic E-state index is 12.7. The summed E-state index contributed by atoms with van der Waals surface area (Å²) in [5, 5.41) is 6.10. The van der Waals surface area contributed by atoms with Crippen molar-refractivity contribution in [2.75, 3.05) is 6.54 Å². The number of nitrogens with one attached hydrogen (secondary N) is 2. The molecule has 0 aliphatic carbocycles. The number of amides is 4. The number of carbonyl (C=O) groups is 3. The quantitative estimate of drug-likeness (QED) is 0.695. The molecule has 1 aliphatic heterocycles. The first-order chi connectivity index (χ1) is 11.9. The van der Waals surface area contributed by atoms with Crippen LogP contribution in [0.25, 0.3) is 0 Å². The summed E-state index contributed by atoms with van der Waals surface area (Å²) in [6, 6.07) is 6.65. The summed E-state index contributed by atoms with van der Waals surface area (Å²) >= 11 is 5.91. The van der Waals surface area contributed by atoms with Gasteiger partial charge in [0.15, 0.2) is 0 Å². The molecule has 4 amide bonds. The minimum absolute atomic E-state index is 0.277. The number of hydrogen-bond acceptors (Lipinski definition) is 3. The lowest BCUT2D eigenvalue weighted by molar-refractivity contribution is -0.135. The van der Waals surface area contributed by atoms with Crippen molar-refractivity contribution in [1.29, 1.82) is 0 Å². The van der Waals surface area contributed by atoms with Crippen LogP contribution in [0.3, 0.4) is 0 Å². The number of benzene rings is 1. The fourth-order valence-corrected chi connectivity index (χ4v) is 3.40. The van der Waals surface area contributed by atoms with E-state index in [4.69, 9.17) is 11.6 Å². The second-order valence-corrected chi connectivity index (χ2v) is 6.75. The number of hydrogen-bond donors (Lipinski definition) is 2. The highest BCUT2D eigenvalue weighted by Gasteiger charge is 2.50. The van der Waals surface area contributed by atoms with Crippen LogP contribution in [0.5, 0.6) is 0 Å². The molecular formula is C18H24ClN3O3. The standard InChI is InChI=1S/C18H24ClN3O3/c1-3-8-18(9-4-2)16(24)22(17(25)21-18)12-15(23)20-11-13-6-5-7-14(19)10-13/h5-7,10H,3-4,8-9,11-12H2,1-2H3,(H,20,23)(H,21,25). The van der Waals surface area contributed by atoms with E-state index in [1.807, 2.05) is 19.9 Å². The first-order valence-electron chi connectivity index (χ1n) is 8.57. The van der Waals surface area contributed by atoms with Crippen LogP contribution in [0, 0.1) is 0 Å². The third-order valence-electron chi connectivity index (χ3n) is 4.28. The molecule has 0 unspecified atom stereocenters. The third-order valence-corrected chi connectivity index (χ3v) is 4.51. The maximum Gasteiger partial charge on any atom is 0.325 e. The van der Waals surface area contributed by atoms with E-state index in [9.17, 15) is 14.4 Å². The molecule has 2 N–H and O–H groups in total. The van der Waals surface area contributed by atoms with Crippen molar-refractivity contribution >= 4 is 29.4 Å². The van der Waals surface area contributed by atoms with Gasteiger partial charge >= 0.3 is 6.03 Å². The normalized spacial score (nSPS) is 16.0. The van der Waals surface area contributed by atoms with Crippen LogP contribution in [0.2, 0.25) is 5.02 Å². The van der Waals surface area contributed by atoms with E-state index in [1.54, 1.807) is 18.2 Å². The van der Waals surface area contributed by atoms with E-state index >= 15 is 0 Å². The number of nitrogens with zero attached hydrogens (tertiary/aromatic N) is 1. The average Bonchev–Trinajstić information content (AvgIpc) is 2.78. The topological polar surface area (TPSA) is 78.5 Å². The van der Waals surface area contributed by atoms with Gasteiger partial charge in [0.2, 0.25) is 5.91 Å². The highest BCUT2D eigenvalue weighted by molar-refractivity contribution is 6.30. The number of carbonyl (C=O) groups excluding carboxylic acids is 3. The monoisotopic (exact) mass is 365 g/mol. The van der Waals surface area contributed by atoms with Crippen molar-refractivity contribution < 1.29 is 14.4 Å². The molecule has 6 nitrogen and oxygen atoms in total. The molecule has 7 heteroatoms.